The molecular weight excluding hydrogens is 238 g/mol. The number of nitrogens with one attached hydrogen (secondary N) is 1. The molecule has 1 N–H and O–H groups in total. The number of nitrogens with zero attached hydrogens (tertiary/aromatic N) is 2. The molecule has 1 aromatic rings. The molecule has 0 saturated carbocycles. The van der Waals surface area contributed by atoms with Gasteiger partial charge < -0.3 is 5.32 Å². The molecule has 98 valence electrons. The van der Waals surface area contributed by atoms with Crippen LogP contribution in [0.3, 0.4) is 0 Å². The first-order chi connectivity index (χ1) is 7.90. The van der Waals surface area contributed by atoms with Gasteiger partial charge in [-0.25, -0.2) is 8.42 Å². The predicted octanol–water partition coefficient (Wildman–Crippen LogP) is 0.857. The highest BCUT2D eigenvalue weighted by atomic mass is 32.2. The lowest BCUT2D eigenvalue weighted by Gasteiger charge is -2.21. The molecule has 0 aliphatic rings. The van der Waals surface area contributed by atoms with Crippen LogP contribution in [0.25, 0.3) is 0 Å². The van der Waals surface area contributed by atoms with E-state index in [9.17, 15) is 8.42 Å². The van der Waals surface area contributed by atoms with Gasteiger partial charge in [-0.3, -0.25) is 4.68 Å². The van der Waals surface area contributed by atoms with E-state index in [-0.39, 0.29) is 17.8 Å². The summed E-state index contributed by atoms with van der Waals surface area (Å²) in [6.07, 6.45) is 5.60. The van der Waals surface area contributed by atoms with Gasteiger partial charge in [0.05, 0.1) is 11.8 Å². The van der Waals surface area contributed by atoms with E-state index in [4.69, 9.17) is 0 Å². The molecule has 0 radical (unpaired) electrons. The molecule has 0 unspecified atom stereocenters. The van der Waals surface area contributed by atoms with E-state index in [1.807, 2.05) is 16.9 Å². The fourth-order valence-corrected chi connectivity index (χ4v) is 2.25. The van der Waals surface area contributed by atoms with Gasteiger partial charge in [0.15, 0.2) is 0 Å². The first-order valence-electron chi connectivity index (χ1n) is 5.80. The van der Waals surface area contributed by atoms with Crippen molar-refractivity contribution in [3.8, 4) is 0 Å². The molecule has 0 saturated heterocycles. The van der Waals surface area contributed by atoms with Crippen molar-refractivity contribution in [2.45, 2.75) is 32.4 Å². The number of hydrogen-bond donors (Lipinski definition) is 1. The highest BCUT2D eigenvalue weighted by Gasteiger charge is 2.13. The molecule has 0 aliphatic heterocycles. The normalized spacial score (nSPS) is 15.7. The van der Waals surface area contributed by atoms with Gasteiger partial charge in [-0.2, -0.15) is 5.10 Å². The summed E-state index contributed by atoms with van der Waals surface area (Å²) >= 11 is 0. The number of sulfone groups is 1. The maximum absolute atomic E-state index is 11.0. The van der Waals surface area contributed by atoms with Gasteiger partial charge in [0.25, 0.3) is 0 Å². The van der Waals surface area contributed by atoms with E-state index >= 15 is 0 Å². The van der Waals surface area contributed by atoms with E-state index in [0.717, 1.165) is 0 Å². The summed E-state index contributed by atoms with van der Waals surface area (Å²) in [6.45, 7) is 4.87. The van der Waals surface area contributed by atoms with Gasteiger partial charge in [0, 0.05) is 24.7 Å². The third-order valence-corrected chi connectivity index (χ3v) is 3.85. The van der Waals surface area contributed by atoms with Crippen LogP contribution in [0.15, 0.2) is 18.5 Å². The summed E-state index contributed by atoms with van der Waals surface area (Å²) in [5.41, 5.74) is 0. The summed E-state index contributed by atoms with van der Waals surface area (Å²) in [5, 5.41) is 7.50. The molecule has 6 heteroatoms. The molecule has 0 amide bonds. The van der Waals surface area contributed by atoms with E-state index in [1.54, 1.807) is 6.20 Å². The minimum atomic E-state index is -2.84. The summed E-state index contributed by atoms with van der Waals surface area (Å²) in [7, 11) is -2.84. The van der Waals surface area contributed by atoms with Crippen molar-refractivity contribution in [3.05, 3.63) is 18.5 Å². The maximum atomic E-state index is 11.0. The molecular formula is C11H21N3O2S. The predicted molar refractivity (Wildman–Crippen MR) is 68.7 cm³/mol. The Hall–Kier alpha value is -0.880. The molecule has 1 heterocycles. The fraction of sp³-hybridized carbons (Fsp3) is 0.727. The second-order valence-electron chi connectivity index (χ2n) is 4.45. The largest absolute Gasteiger partial charge is 0.312 e. The third kappa shape index (κ3) is 5.32. The van der Waals surface area contributed by atoms with Crippen LogP contribution >= 0.6 is 0 Å². The topological polar surface area (TPSA) is 64.0 Å². The van der Waals surface area contributed by atoms with E-state index in [1.165, 1.54) is 6.26 Å². The zero-order chi connectivity index (χ0) is 12.9. The second-order valence-corrected chi connectivity index (χ2v) is 6.71. The number of aromatic nitrogens is 2. The Morgan fingerprint density at radius 1 is 1.41 bits per heavy atom. The summed E-state index contributed by atoms with van der Waals surface area (Å²) < 4.78 is 23.8. The molecule has 0 aromatic carbocycles. The van der Waals surface area contributed by atoms with E-state index < -0.39 is 9.84 Å². The van der Waals surface area contributed by atoms with Gasteiger partial charge in [-0.05, 0) is 32.9 Å². The van der Waals surface area contributed by atoms with Gasteiger partial charge in [-0.15, -0.1) is 0 Å². The second kappa shape index (κ2) is 6.16. The van der Waals surface area contributed by atoms with Crippen LogP contribution in [0.5, 0.6) is 0 Å². The van der Waals surface area contributed by atoms with Crippen molar-refractivity contribution >= 4 is 9.84 Å². The minimum Gasteiger partial charge on any atom is -0.312 e. The Bertz CT molecular complexity index is 414. The van der Waals surface area contributed by atoms with E-state index in [0.29, 0.717) is 13.0 Å². The average molecular weight is 259 g/mol. The molecule has 0 aliphatic carbocycles. The maximum Gasteiger partial charge on any atom is 0.147 e. The molecule has 1 rings (SSSR count). The van der Waals surface area contributed by atoms with Gasteiger partial charge in [0.2, 0.25) is 0 Å². The monoisotopic (exact) mass is 259 g/mol. The van der Waals surface area contributed by atoms with Crippen LogP contribution in [0, 0.1) is 0 Å². The van der Waals surface area contributed by atoms with E-state index in [2.05, 4.69) is 24.3 Å². The molecule has 5 nitrogen and oxygen atoms in total. The standard InChI is InChI=1S/C11H21N3O2S/c1-10(11(2)14-8-4-7-13-14)12-6-5-9-17(3,15)16/h4,7-8,10-12H,5-6,9H2,1-3H3/t10-,11-/m1/s1. The van der Waals surface area contributed by atoms with Crippen molar-refractivity contribution < 1.29 is 8.42 Å². The van der Waals surface area contributed by atoms with Crippen molar-refractivity contribution in [1.82, 2.24) is 15.1 Å². The van der Waals surface area contributed by atoms with Crippen molar-refractivity contribution in [1.29, 1.82) is 0 Å². The van der Waals surface area contributed by atoms with Crippen molar-refractivity contribution in [3.63, 3.8) is 0 Å². The lowest BCUT2D eigenvalue weighted by atomic mass is 10.2. The van der Waals surface area contributed by atoms with Crippen LogP contribution in [-0.4, -0.2) is 42.8 Å². The highest BCUT2D eigenvalue weighted by molar-refractivity contribution is 7.90. The first kappa shape index (κ1) is 14.2. The molecule has 0 spiro atoms. The van der Waals surface area contributed by atoms with Crippen LogP contribution < -0.4 is 5.32 Å². The Kier molecular flexibility index (Phi) is 5.14. The molecule has 17 heavy (non-hydrogen) atoms. The number of rotatable bonds is 7. The Morgan fingerprint density at radius 2 is 2.12 bits per heavy atom. The lowest BCUT2D eigenvalue weighted by Crippen LogP contribution is -2.35. The smallest absolute Gasteiger partial charge is 0.147 e. The minimum absolute atomic E-state index is 0.239. The quantitative estimate of drug-likeness (QED) is 0.738. The summed E-state index contributed by atoms with van der Waals surface area (Å²) in [5.74, 6) is 0.239. The Labute approximate surface area is 103 Å². The molecule has 1 aromatic heterocycles. The SMILES string of the molecule is C[C@H]([C@@H](C)NCCCS(C)(=O)=O)n1cccn1. The van der Waals surface area contributed by atoms with Crippen LogP contribution in [0.4, 0.5) is 0 Å². The van der Waals surface area contributed by atoms with Gasteiger partial charge in [0.1, 0.15) is 9.84 Å². The Morgan fingerprint density at radius 3 is 2.65 bits per heavy atom. The van der Waals surface area contributed by atoms with Gasteiger partial charge >= 0.3 is 0 Å². The van der Waals surface area contributed by atoms with Crippen LogP contribution in [0.2, 0.25) is 0 Å². The molecule has 2 atom stereocenters. The zero-order valence-electron chi connectivity index (χ0n) is 10.6. The fourth-order valence-electron chi connectivity index (χ4n) is 1.59. The lowest BCUT2D eigenvalue weighted by molar-refractivity contribution is 0.367. The summed E-state index contributed by atoms with van der Waals surface area (Å²) in [6, 6.07) is 2.41. The first-order valence-corrected chi connectivity index (χ1v) is 7.86. The van der Waals surface area contributed by atoms with Crippen molar-refractivity contribution in [2.24, 2.45) is 0 Å². The van der Waals surface area contributed by atoms with Gasteiger partial charge in [-0.1, -0.05) is 0 Å². The highest BCUT2D eigenvalue weighted by Crippen LogP contribution is 2.08. The zero-order valence-corrected chi connectivity index (χ0v) is 11.4. The molecule has 0 fully saturated rings. The number of hydrogen-bond acceptors (Lipinski definition) is 4. The van der Waals surface area contributed by atoms with Crippen LogP contribution in [0.1, 0.15) is 26.3 Å². The van der Waals surface area contributed by atoms with Crippen LogP contribution in [-0.2, 0) is 9.84 Å². The van der Waals surface area contributed by atoms with Crippen molar-refractivity contribution in [2.75, 3.05) is 18.6 Å². The summed E-state index contributed by atoms with van der Waals surface area (Å²) in [4.78, 5) is 0. The average Bonchev–Trinajstić information content (AvgIpc) is 2.74. The Balaban J connectivity index is 2.28. The third-order valence-electron chi connectivity index (χ3n) is 2.82. The molecule has 0 bridgehead atoms.